The van der Waals surface area contributed by atoms with Gasteiger partial charge in [-0.3, -0.25) is 0 Å². The number of rotatable bonds is 5. The van der Waals surface area contributed by atoms with Crippen molar-refractivity contribution in [3.05, 3.63) is 88.5 Å². The first-order valence-electron chi connectivity index (χ1n) is 10.8. The lowest BCUT2D eigenvalue weighted by molar-refractivity contribution is -0.288. The van der Waals surface area contributed by atoms with Crippen molar-refractivity contribution < 1.29 is 40.6 Å². The summed E-state index contributed by atoms with van der Waals surface area (Å²) in [4.78, 5) is 0. The number of halogens is 6. The van der Waals surface area contributed by atoms with Crippen LogP contribution < -0.4 is 14.2 Å². The first-order chi connectivity index (χ1) is 18.2. The Morgan fingerprint density at radius 2 is 0.897 bits per heavy atom. The van der Waals surface area contributed by atoms with Crippen LogP contribution in [0.1, 0.15) is 27.8 Å². The molecule has 12 heteroatoms. The maximum absolute atomic E-state index is 13.9. The molecule has 3 rings (SSSR count). The molecule has 6 nitrogen and oxygen atoms in total. The van der Waals surface area contributed by atoms with Gasteiger partial charge in [0.2, 0.25) is 5.41 Å². The van der Waals surface area contributed by atoms with Crippen LogP contribution in [0.4, 0.5) is 26.3 Å². The molecular formula is C27H19F6N3O3. The molecule has 0 radical (unpaired) electrons. The van der Waals surface area contributed by atoms with Crippen LogP contribution >= 0.6 is 0 Å². The molecule has 39 heavy (non-hydrogen) atoms. The minimum Gasteiger partial charge on any atom is -0.388 e. The summed E-state index contributed by atoms with van der Waals surface area (Å²) in [5, 5.41) is 25.1. The summed E-state index contributed by atoms with van der Waals surface area (Å²) < 4.78 is 96.7. The van der Waals surface area contributed by atoms with Gasteiger partial charge in [-0.25, -0.2) is 0 Å². The number of hydrogen-bond acceptors (Lipinski definition) is 6. The van der Waals surface area contributed by atoms with Crippen LogP contribution in [0, 0.1) is 55.3 Å². The quantitative estimate of drug-likeness (QED) is 0.246. The van der Waals surface area contributed by atoms with Crippen molar-refractivity contribution in [1.82, 2.24) is 0 Å². The van der Waals surface area contributed by atoms with Crippen LogP contribution in [-0.4, -0.2) is 12.4 Å². The third-order valence-corrected chi connectivity index (χ3v) is 5.50. The molecule has 0 bridgehead atoms. The van der Waals surface area contributed by atoms with Gasteiger partial charge in [0.1, 0.15) is 17.2 Å². The van der Waals surface area contributed by atoms with Gasteiger partial charge in [-0.05, 0) is 67.3 Å². The topological polar surface area (TPSA) is 99.1 Å². The summed E-state index contributed by atoms with van der Waals surface area (Å²) in [6, 6.07) is 9.69. The number of nitriles is 3. The maximum atomic E-state index is 13.9. The molecule has 0 aliphatic heterocycles. The lowest BCUT2D eigenvalue weighted by atomic mass is 9.73. The Labute approximate surface area is 219 Å². The second-order valence-corrected chi connectivity index (χ2v) is 8.10. The lowest BCUT2D eigenvalue weighted by Crippen LogP contribution is -2.54. The predicted molar refractivity (Wildman–Crippen MR) is 125 cm³/mol. The van der Waals surface area contributed by atoms with E-state index in [-0.39, 0.29) is 11.5 Å². The highest BCUT2D eigenvalue weighted by atomic mass is 19.4. The van der Waals surface area contributed by atoms with E-state index in [1.807, 2.05) is 32.9 Å². The van der Waals surface area contributed by atoms with E-state index < -0.39 is 28.9 Å². The predicted octanol–water partition coefficient (Wildman–Crippen LogP) is 7.29. The monoisotopic (exact) mass is 547 g/mol. The van der Waals surface area contributed by atoms with Crippen molar-refractivity contribution in [3.8, 4) is 36.0 Å². The Kier molecular flexibility index (Phi) is 9.41. The average molecular weight is 547 g/mol. The van der Waals surface area contributed by atoms with Gasteiger partial charge in [-0.15, -0.1) is 15.8 Å². The van der Waals surface area contributed by atoms with E-state index in [9.17, 15) is 26.3 Å². The molecule has 3 aromatic rings. The molecule has 0 saturated carbocycles. The van der Waals surface area contributed by atoms with E-state index in [2.05, 4.69) is 9.47 Å². The third kappa shape index (κ3) is 6.52. The molecule has 0 unspecified atom stereocenters. The first-order valence-corrected chi connectivity index (χ1v) is 10.8. The molecule has 0 aliphatic rings. The molecule has 0 amide bonds. The van der Waals surface area contributed by atoms with E-state index >= 15 is 0 Å². The van der Waals surface area contributed by atoms with Crippen molar-refractivity contribution in [2.45, 2.75) is 38.5 Å². The summed E-state index contributed by atoms with van der Waals surface area (Å²) >= 11 is 0. The molecule has 0 aliphatic carbocycles. The second kappa shape index (κ2) is 12.1. The van der Waals surface area contributed by atoms with Crippen LogP contribution in [0.3, 0.4) is 0 Å². The smallest absolute Gasteiger partial charge is 0.388 e. The summed E-state index contributed by atoms with van der Waals surface area (Å²) in [7, 11) is 0. The highest BCUT2D eigenvalue weighted by Gasteiger charge is 2.72. The van der Waals surface area contributed by atoms with E-state index in [1.54, 1.807) is 6.26 Å². The molecule has 3 aromatic carbocycles. The van der Waals surface area contributed by atoms with Gasteiger partial charge in [0.05, 0.1) is 0 Å². The number of hydrogen-bond donors (Lipinski definition) is 0. The number of aryl methyl sites for hydroxylation is 3. The van der Waals surface area contributed by atoms with Crippen LogP contribution in [0.15, 0.2) is 60.7 Å². The average Bonchev–Trinajstić information content (AvgIpc) is 2.83. The molecule has 0 spiro atoms. The minimum atomic E-state index is -5.75. The van der Waals surface area contributed by atoms with Crippen molar-refractivity contribution in [2.75, 3.05) is 0 Å². The Morgan fingerprint density at radius 1 is 0.564 bits per heavy atom. The third-order valence-electron chi connectivity index (χ3n) is 5.50. The van der Waals surface area contributed by atoms with Gasteiger partial charge < -0.3 is 14.2 Å². The lowest BCUT2D eigenvalue weighted by Gasteiger charge is -2.38. The van der Waals surface area contributed by atoms with Gasteiger partial charge >= 0.3 is 12.4 Å². The van der Waals surface area contributed by atoms with E-state index in [0.29, 0.717) is 30.0 Å². The molecule has 0 N–H and O–H groups in total. The largest absolute Gasteiger partial charge is 0.411 e. The summed E-state index contributed by atoms with van der Waals surface area (Å²) in [6.45, 7) is 5.90. The van der Waals surface area contributed by atoms with Crippen LogP contribution in [-0.2, 0) is 5.41 Å². The van der Waals surface area contributed by atoms with E-state index in [4.69, 9.17) is 20.5 Å². The Morgan fingerprint density at radius 3 is 1.18 bits per heavy atom. The zero-order valence-electron chi connectivity index (χ0n) is 20.6. The number of alkyl halides is 6. The SMILES string of the molecule is Cc1cc(C)c(OC#N)c(C)c1.N#COc1ccc(C(c2ccc(OC#N)cc2)(C(F)(F)F)C(F)(F)F)cc1. The zero-order valence-corrected chi connectivity index (χ0v) is 20.6. The van der Waals surface area contributed by atoms with Crippen LogP contribution in [0.2, 0.25) is 0 Å². The van der Waals surface area contributed by atoms with Crippen LogP contribution in [0.5, 0.6) is 17.2 Å². The van der Waals surface area contributed by atoms with Crippen LogP contribution in [0.25, 0.3) is 0 Å². The van der Waals surface area contributed by atoms with Crippen molar-refractivity contribution in [2.24, 2.45) is 0 Å². The Bertz CT molecular complexity index is 1310. The van der Waals surface area contributed by atoms with E-state index in [0.717, 1.165) is 35.4 Å². The van der Waals surface area contributed by atoms with Crippen molar-refractivity contribution >= 4 is 0 Å². The molecule has 0 fully saturated rings. The molecule has 0 saturated heterocycles. The van der Waals surface area contributed by atoms with Gasteiger partial charge in [-0.1, -0.05) is 42.0 Å². The van der Waals surface area contributed by atoms with Gasteiger partial charge in [0.25, 0.3) is 18.8 Å². The number of benzene rings is 3. The molecular weight excluding hydrogens is 528 g/mol. The highest BCUT2D eigenvalue weighted by Crippen LogP contribution is 2.56. The van der Waals surface area contributed by atoms with Crippen molar-refractivity contribution in [1.29, 1.82) is 15.8 Å². The molecule has 0 heterocycles. The van der Waals surface area contributed by atoms with Gasteiger partial charge in [0.15, 0.2) is 0 Å². The molecule has 202 valence electrons. The zero-order chi connectivity index (χ0) is 29.4. The van der Waals surface area contributed by atoms with Gasteiger partial charge in [-0.2, -0.15) is 26.3 Å². The maximum Gasteiger partial charge on any atom is 0.411 e. The molecule has 0 atom stereocenters. The summed E-state index contributed by atoms with van der Waals surface area (Å²) in [6.07, 6.45) is -7.28. The normalized spacial score (nSPS) is 11.1. The van der Waals surface area contributed by atoms with Crippen molar-refractivity contribution in [3.63, 3.8) is 0 Å². The highest BCUT2D eigenvalue weighted by molar-refractivity contribution is 5.47. The summed E-state index contributed by atoms with van der Waals surface area (Å²) in [5.74, 6) is 0.262. The molecule has 0 aromatic heterocycles. The minimum absolute atomic E-state index is 0.211. The Hall–Kier alpha value is -4.89. The van der Waals surface area contributed by atoms with E-state index in [1.165, 1.54) is 18.1 Å². The summed E-state index contributed by atoms with van der Waals surface area (Å²) in [5.41, 5.74) is -3.35. The second-order valence-electron chi connectivity index (χ2n) is 8.10. The Balaban J connectivity index is 0.000000370. The fraction of sp³-hybridized carbons (Fsp3) is 0.222. The number of ether oxygens (including phenoxy) is 3. The standard InChI is InChI=1S/C17H8F6N2O2.C10H11NO/c18-16(19,20)15(17(21,22)23,11-1-5-13(6-2-11)26-9-24)12-3-7-14(8-4-12)27-10-25;1-7-4-8(2)10(12-6-11)9(3)5-7/h1-8H;4-5H,1-3H3. The fourth-order valence-corrected chi connectivity index (χ4v) is 4.01. The fourth-order valence-electron chi connectivity index (χ4n) is 4.01. The van der Waals surface area contributed by atoms with Gasteiger partial charge in [0, 0.05) is 0 Å². The number of nitrogens with zero attached hydrogens (tertiary/aromatic N) is 3. The first kappa shape index (κ1) is 30.3.